The molecule has 1 rings (SSSR count). The zero-order chi connectivity index (χ0) is 15.0. The van der Waals surface area contributed by atoms with Crippen molar-refractivity contribution in [1.29, 1.82) is 0 Å². The molecule has 0 aliphatic carbocycles. The topological polar surface area (TPSA) is 105 Å². The van der Waals surface area contributed by atoms with E-state index in [1.54, 1.807) is 6.07 Å². The number of carbonyl (C=O) groups is 3. The molecule has 0 radical (unpaired) electrons. The Balaban J connectivity index is 2.26. The molecule has 0 bridgehead atoms. The number of rotatable bonds is 6. The van der Waals surface area contributed by atoms with Crippen molar-refractivity contribution in [3.63, 3.8) is 0 Å². The molecule has 3 amide bonds. The predicted octanol–water partition coefficient (Wildman–Crippen LogP) is 0.253. The summed E-state index contributed by atoms with van der Waals surface area (Å²) < 4.78 is 17.4. The molecule has 0 atom stereocenters. The van der Waals surface area contributed by atoms with Gasteiger partial charge in [0.25, 0.3) is 5.91 Å². The summed E-state index contributed by atoms with van der Waals surface area (Å²) in [4.78, 5) is 32.6. The van der Waals surface area contributed by atoms with Crippen molar-refractivity contribution in [2.75, 3.05) is 13.2 Å². The number of ether oxygens (including phenoxy) is 1. The molecular formula is C12H13FN2O5. The van der Waals surface area contributed by atoms with Gasteiger partial charge in [0, 0.05) is 6.54 Å². The van der Waals surface area contributed by atoms with E-state index < -0.39 is 36.9 Å². The lowest BCUT2D eigenvalue weighted by Crippen LogP contribution is -2.41. The van der Waals surface area contributed by atoms with Crippen LogP contribution in [0.1, 0.15) is 5.56 Å². The molecule has 0 unspecified atom stereocenters. The van der Waals surface area contributed by atoms with Gasteiger partial charge >= 0.3 is 12.0 Å². The predicted molar refractivity (Wildman–Crippen MR) is 65.2 cm³/mol. The van der Waals surface area contributed by atoms with E-state index in [9.17, 15) is 18.8 Å². The molecule has 1 aromatic carbocycles. The van der Waals surface area contributed by atoms with Gasteiger partial charge in [0.15, 0.2) is 0 Å². The monoisotopic (exact) mass is 284 g/mol. The van der Waals surface area contributed by atoms with Crippen LogP contribution in [-0.2, 0) is 20.9 Å². The molecule has 0 heterocycles. The second-order valence-corrected chi connectivity index (χ2v) is 3.75. The molecule has 108 valence electrons. The Kier molecular flexibility index (Phi) is 6.11. The van der Waals surface area contributed by atoms with Gasteiger partial charge in [-0.1, -0.05) is 12.1 Å². The molecule has 20 heavy (non-hydrogen) atoms. The number of carboxylic acid groups (broad SMARTS) is 1. The van der Waals surface area contributed by atoms with E-state index in [4.69, 9.17) is 5.11 Å². The minimum Gasteiger partial charge on any atom is -0.480 e. The number of hydrogen-bond donors (Lipinski definition) is 3. The Labute approximate surface area is 113 Å². The average Bonchev–Trinajstić information content (AvgIpc) is 2.36. The number of carboxylic acids is 1. The fraction of sp³-hybridized carbons (Fsp3) is 0.250. The number of amides is 3. The van der Waals surface area contributed by atoms with E-state index in [0.717, 1.165) is 0 Å². The molecule has 0 fully saturated rings. The van der Waals surface area contributed by atoms with Crippen LogP contribution in [0.5, 0.6) is 0 Å². The minimum absolute atomic E-state index is 0.0485. The first-order chi connectivity index (χ1) is 9.47. The van der Waals surface area contributed by atoms with Gasteiger partial charge in [-0.3, -0.25) is 10.1 Å². The fourth-order valence-electron chi connectivity index (χ4n) is 1.27. The zero-order valence-electron chi connectivity index (χ0n) is 10.4. The van der Waals surface area contributed by atoms with Crippen LogP contribution in [0.15, 0.2) is 24.3 Å². The first-order valence-electron chi connectivity index (χ1n) is 5.59. The number of aliphatic carboxylic acids is 1. The highest BCUT2D eigenvalue weighted by atomic mass is 19.1. The van der Waals surface area contributed by atoms with Gasteiger partial charge in [-0.2, -0.15) is 0 Å². The number of nitrogens with one attached hydrogen (secondary N) is 2. The fourth-order valence-corrected chi connectivity index (χ4v) is 1.27. The molecule has 0 spiro atoms. The first-order valence-corrected chi connectivity index (χ1v) is 5.59. The van der Waals surface area contributed by atoms with Crippen LogP contribution in [0, 0.1) is 5.82 Å². The SMILES string of the molecule is O=C(O)COCC(=O)NC(=O)NCc1cccc(F)c1. The summed E-state index contributed by atoms with van der Waals surface area (Å²) in [5.74, 6) is -2.42. The van der Waals surface area contributed by atoms with Gasteiger partial charge in [0.05, 0.1) is 0 Å². The molecule has 0 saturated carbocycles. The zero-order valence-corrected chi connectivity index (χ0v) is 10.4. The highest BCUT2D eigenvalue weighted by Crippen LogP contribution is 2.02. The van der Waals surface area contributed by atoms with Crippen molar-refractivity contribution in [2.45, 2.75) is 6.54 Å². The number of halogens is 1. The molecule has 3 N–H and O–H groups in total. The van der Waals surface area contributed by atoms with Crippen LogP contribution in [0.2, 0.25) is 0 Å². The molecule has 0 aromatic heterocycles. The van der Waals surface area contributed by atoms with Crippen LogP contribution >= 0.6 is 0 Å². The van der Waals surface area contributed by atoms with Crippen molar-refractivity contribution >= 4 is 17.9 Å². The third kappa shape index (κ3) is 6.45. The molecule has 0 aliphatic heterocycles. The Bertz CT molecular complexity index is 506. The highest BCUT2D eigenvalue weighted by Gasteiger charge is 2.08. The molecule has 1 aromatic rings. The summed E-state index contributed by atoms with van der Waals surface area (Å²) in [6.07, 6.45) is 0. The number of carbonyl (C=O) groups excluding carboxylic acids is 2. The van der Waals surface area contributed by atoms with Gasteiger partial charge in [0.2, 0.25) is 0 Å². The summed E-state index contributed by atoms with van der Waals surface area (Å²) in [5.41, 5.74) is 0.537. The van der Waals surface area contributed by atoms with E-state index in [0.29, 0.717) is 5.56 Å². The lowest BCUT2D eigenvalue weighted by Gasteiger charge is -2.07. The number of urea groups is 1. The van der Waals surface area contributed by atoms with Crippen molar-refractivity contribution in [2.24, 2.45) is 0 Å². The summed E-state index contributed by atoms with van der Waals surface area (Å²) >= 11 is 0. The van der Waals surface area contributed by atoms with Crippen LogP contribution < -0.4 is 10.6 Å². The van der Waals surface area contributed by atoms with Crippen LogP contribution in [0.4, 0.5) is 9.18 Å². The standard InChI is InChI=1S/C12H13FN2O5/c13-9-3-1-2-8(4-9)5-14-12(19)15-10(16)6-20-7-11(17)18/h1-4H,5-7H2,(H,17,18)(H2,14,15,16,19). The maximum Gasteiger partial charge on any atom is 0.329 e. The normalized spacial score (nSPS) is 9.85. The second kappa shape index (κ2) is 7.85. The number of imide groups is 1. The Morgan fingerprint density at radius 2 is 2.00 bits per heavy atom. The van der Waals surface area contributed by atoms with Gasteiger partial charge in [-0.05, 0) is 17.7 Å². The summed E-state index contributed by atoms with van der Waals surface area (Å²) in [6, 6.07) is 4.85. The largest absolute Gasteiger partial charge is 0.480 e. The quantitative estimate of drug-likeness (QED) is 0.694. The number of hydrogen-bond acceptors (Lipinski definition) is 4. The van der Waals surface area contributed by atoms with Crippen LogP contribution in [-0.4, -0.2) is 36.2 Å². The van der Waals surface area contributed by atoms with Crippen LogP contribution in [0.3, 0.4) is 0 Å². The highest BCUT2D eigenvalue weighted by molar-refractivity contribution is 5.94. The van der Waals surface area contributed by atoms with Crippen LogP contribution in [0.25, 0.3) is 0 Å². The van der Waals surface area contributed by atoms with E-state index in [-0.39, 0.29) is 6.54 Å². The Hall–Kier alpha value is -2.48. The molecule has 7 nitrogen and oxygen atoms in total. The average molecular weight is 284 g/mol. The van der Waals surface area contributed by atoms with Gasteiger partial charge in [0.1, 0.15) is 19.0 Å². The van der Waals surface area contributed by atoms with Crippen molar-refractivity contribution < 1.29 is 28.6 Å². The lowest BCUT2D eigenvalue weighted by atomic mass is 10.2. The van der Waals surface area contributed by atoms with Gasteiger partial charge in [-0.15, -0.1) is 0 Å². The second-order valence-electron chi connectivity index (χ2n) is 3.75. The molecule has 0 saturated heterocycles. The number of benzene rings is 1. The third-order valence-electron chi connectivity index (χ3n) is 2.05. The minimum atomic E-state index is -1.21. The smallest absolute Gasteiger partial charge is 0.329 e. The maximum atomic E-state index is 12.9. The maximum absolute atomic E-state index is 12.9. The van der Waals surface area contributed by atoms with Crippen molar-refractivity contribution in [3.05, 3.63) is 35.6 Å². The Morgan fingerprint density at radius 3 is 2.65 bits per heavy atom. The van der Waals surface area contributed by atoms with E-state index in [1.807, 2.05) is 5.32 Å². The molecule has 8 heteroatoms. The first kappa shape index (κ1) is 15.6. The van der Waals surface area contributed by atoms with Crippen molar-refractivity contribution in [3.8, 4) is 0 Å². The van der Waals surface area contributed by atoms with E-state index >= 15 is 0 Å². The van der Waals surface area contributed by atoms with E-state index in [2.05, 4.69) is 10.1 Å². The Morgan fingerprint density at radius 1 is 1.25 bits per heavy atom. The van der Waals surface area contributed by atoms with Crippen molar-refractivity contribution in [1.82, 2.24) is 10.6 Å². The van der Waals surface area contributed by atoms with E-state index in [1.165, 1.54) is 18.2 Å². The summed E-state index contributed by atoms with van der Waals surface area (Å²) in [7, 11) is 0. The summed E-state index contributed by atoms with van der Waals surface area (Å²) in [6.45, 7) is -1.12. The third-order valence-corrected chi connectivity index (χ3v) is 2.05. The summed E-state index contributed by atoms with van der Waals surface area (Å²) in [5, 5.41) is 12.6. The molecular weight excluding hydrogens is 271 g/mol. The lowest BCUT2D eigenvalue weighted by molar-refractivity contribution is -0.143. The molecule has 0 aliphatic rings. The van der Waals surface area contributed by atoms with Gasteiger partial charge < -0.3 is 15.2 Å². The van der Waals surface area contributed by atoms with Gasteiger partial charge in [-0.25, -0.2) is 14.0 Å².